The Morgan fingerprint density at radius 1 is 1.53 bits per heavy atom. The third-order valence-corrected chi connectivity index (χ3v) is 3.28. The maximum atomic E-state index is 11.9. The van der Waals surface area contributed by atoms with Gasteiger partial charge in [-0.1, -0.05) is 12.1 Å². The second-order valence-corrected chi connectivity index (χ2v) is 6.14. The Balaban J connectivity index is 4.58. The highest BCUT2D eigenvalue weighted by Gasteiger charge is 2.24. The average Bonchev–Trinajstić information content (AvgIpc) is 2.25. The van der Waals surface area contributed by atoms with Gasteiger partial charge in [0.15, 0.2) is 5.84 Å². The first-order valence-electron chi connectivity index (χ1n) is 5.13. The van der Waals surface area contributed by atoms with Crippen molar-refractivity contribution in [3.05, 3.63) is 0 Å². The lowest BCUT2D eigenvalue weighted by Gasteiger charge is -2.21. The van der Waals surface area contributed by atoms with Crippen LogP contribution in [0.1, 0.15) is 13.3 Å². The van der Waals surface area contributed by atoms with E-state index in [0.717, 1.165) is 6.26 Å². The standard InChI is InChI=1S/C9H19N3O4S/c1-4-7(8(10)11-14)9(13)12(2)5-6-17(3,15)16/h7,14H,4-6H2,1-3H3,(H2,10,11). The topological polar surface area (TPSA) is 113 Å². The van der Waals surface area contributed by atoms with Gasteiger partial charge in [0.1, 0.15) is 9.84 Å². The fourth-order valence-electron chi connectivity index (χ4n) is 1.26. The van der Waals surface area contributed by atoms with Crippen LogP contribution in [-0.2, 0) is 14.6 Å². The van der Waals surface area contributed by atoms with Crippen molar-refractivity contribution in [3.63, 3.8) is 0 Å². The highest BCUT2D eigenvalue weighted by atomic mass is 32.2. The molecule has 0 aliphatic heterocycles. The Kier molecular flexibility index (Phi) is 5.94. The molecule has 8 heteroatoms. The number of rotatable bonds is 6. The minimum Gasteiger partial charge on any atom is -0.409 e. The Hall–Kier alpha value is -1.31. The van der Waals surface area contributed by atoms with Gasteiger partial charge in [0, 0.05) is 19.8 Å². The molecule has 0 aromatic carbocycles. The number of oxime groups is 1. The number of carbonyl (C=O) groups excluding carboxylic acids is 1. The molecule has 17 heavy (non-hydrogen) atoms. The molecule has 1 amide bonds. The molecule has 0 aliphatic carbocycles. The summed E-state index contributed by atoms with van der Waals surface area (Å²) in [7, 11) is -1.63. The van der Waals surface area contributed by atoms with Crippen molar-refractivity contribution in [1.82, 2.24) is 4.90 Å². The normalized spacial score (nSPS) is 14.4. The van der Waals surface area contributed by atoms with Crippen molar-refractivity contribution in [3.8, 4) is 0 Å². The van der Waals surface area contributed by atoms with Crippen molar-refractivity contribution in [2.75, 3.05) is 25.6 Å². The molecular weight excluding hydrogens is 246 g/mol. The van der Waals surface area contributed by atoms with E-state index in [1.54, 1.807) is 6.92 Å². The lowest BCUT2D eigenvalue weighted by atomic mass is 10.0. The molecule has 0 saturated carbocycles. The first kappa shape index (κ1) is 15.7. The van der Waals surface area contributed by atoms with E-state index in [4.69, 9.17) is 10.9 Å². The van der Waals surface area contributed by atoms with Crippen LogP contribution < -0.4 is 5.73 Å². The summed E-state index contributed by atoms with van der Waals surface area (Å²) in [5.41, 5.74) is 5.38. The Morgan fingerprint density at radius 2 is 2.06 bits per heavy atom. The summed E-state index contributed by atoms with van der Waals surface area (Å²) >= 11 is 0. The summed E-state index contributed by atoms with van der Waals surface area (Å²) in [5, 5.41) is 11.3. The molecule has 0 fully saturated rings. The van der Waals surface area contributed by atoms with Gasteiger partial charge in [-0.3, -0.25) is 4.79 Å². The van der Waals surface area contributed by atoms with Crippen LogP contribution >= 0.6 is 0 Å². The van der Waals surface area contributed by atoms with Crippen molar-refractivity contribution in [1.29, 1.82) is 0 Å². The van der Waals surface area contributed by atoms with Gasteiger partial charge >= 0.3 is 0 Å². The Bertz CT molecular complexity index is 391. The summed E-state index contributed by atoms with van der Waals surface area (Å²) in [5.74, 6) is -1.35. The molecule has 1 unspecified atom stereocenters. The summed E-state index contributed by atoms with van der Waals surface area (Å²) in [6.07, 6.45) is 1.49. The summed E-state index contributed by atoms with van der Waals surface area (Å²) in [6.45, 7) is 1.82. The molecule has 0 aromatic rings. The second-order valence-electron chi connectivity index (χ2n) is 3.88. The van der Waals surface area contributed by atoms with E-state index in [-0.39, 0.29) is 24.0 Å². The van der Waals surface area contributed by atoms with Crippen LogP contribution in [0.4, 0.5) is 0 Å². The second kappa shape index (κ2) is 6.43. The van der Waals surface area contributed by atoms with Crippen molar-refractivity contribution in [2.24, 2.45) is 16.8 Å². The average molecular weight is 265 g/mol. The van der Waals surface area contributed by atoms with Crippen LogP contribution in [-0.4, -0.2) is 55.9 Å². The van der Waals surface area contributed by atoms with Crippen LogP contribution in [0, 0.1) is 5.92 Å². The van der Waals surface area contributed by atoms with Crippen LogP contribution in [0.2, 0.25) is 0 Å². The first-order valence-corrected chi connectivity index (χ1v) is 7.19. The van der Waals surface area contributed by atoms with Crippen LogP contribution in [0.5, 0.6) is 0 Å². The molecule has 0 aliphatic rings. The van der Waals surface area contributed by atoms with Crippen molar-refractivity contribution < 1.29 is 18.4 Å². The molecule has 0 rings (SSSR count). The molecule has 0 radical (unpaired) electrons. The molecule has 0 spiro atoms. The van der Waals surface area contributed by atoms with Crippen LogP contribution in [0.15, 0.2) is 5.16 Å². The fourth-order valence-corrected chi connectivity index (χ4v) is 1.86. The van der Waals surface area contributed by atoms with E-state index >= 15 is 0 Å². The number of hydrogen-bond acceptors (Lipinski definition) is 5. The summed E-state index contributed by atoms with van der Waals surface area (Å²) in [4.78, 5) is 13.1. The highest BCUT2D eigenvalue weighted by molar-refractivity contribution is 7.90. The van der Waals surface area contributed by atoms with Gasteiger partial charge in [0.2, 0.25) is 5.91 Å². The Labute approximate surface area is 101 Å². The van der Waals surface area contributed by atoms with Gasteiger partial charge in [0.25, 0.3) is 0 Å². The number of nitrogens with two attached hydrogens (primary N) is 1. The number of sulfone groups is 1. The van der Waals surface area contributed by atoms with E-state index in [1.165, 1.54) is 11.9 Å². The molecule has 0 aromatic heterocycles. The molecule has 1 atom stereocenters. The maximum Gasteiger partial charge on any atom is 0.233 e. The molecule has 100 valence electrons. The molecule has 7 nitrogen and oxygen atoms in total. The zero-order valence-corrected chi connectivity index (χ0v) is 11.1. The predicted octanol–water partition coefficient (Wildman–Crippen LogP) is -0.738. The van der Waals surface area contributed by atoms with E-state index in [2.05, 4.69) is 5.16 Å². The monoisotopic (exact) mass is 265 g/mol. The van der Waals surface area contributed by atoms with Crippen LogP contribution in [0.3, 0.4) is 0 Å². The third-order valence-electron chi connectivity index (χ3n) is 2.35. The number of amidine groups is 1. The zero-order chi connectivity index (χ0) is 13.6. The SMILES string of the molecule is CCC(C(=O)N(C)CCS(C)(=O)=O)C(N)=NO. The van der Waals surface area contributed by atoms with Gasteiger partial charge in [-0.25, -0.2) is 8.42 Å². The highest BCUT2D eigenvalue weighted by Crippen LogP contribution is 2.07. The summed E-state index contributed by atoms with van der Waals surface area (Å²) in [6, 6.07) is 0. The minimum atomic E-state index is -3.12. The van der Waals surface area contributed by atoms with Gasteiger partial charge < -0.3 is 15.8 Å². The maximum absolute atomic E-state index is 11.9. The van der Waals surface area contributed by atoms with E-state index in [1.807, 2.05) is 0 Å². The third kappa shape index (κ3) is 5.53. The number of carbonyl (C=O) groups is 1. The van der Waals surface area contributed by atoms with Crippen molar-refractivity contribution in [2.45, 2.75) is 13.3 Å². The summed E-state index contributed by atoms with van der Waals surface area (Å²) < 4.78 is 21.9. The molecular formula is C9H19N3O4S. The minimum absolute atomic E-state index is 0.0902. The number of nitrogens with zero attached hydrogens (tertiary/aromatic N) is 2. The molecule has 0 heterocycles. The molecule has 0 bridgehead atoms. The van der Waals surface area contributed by atoms with E-state index < -0.39 is 15.8 Å². The lowest BCUT2D eigenvalue weighted by Crippen LogP contribution is -2.41. The van der Waals surface area contributed by atoms with Gasteiger partial charge in [0.05, 0.1) is 11.7 Å². The van der Waals surface area contributed by atoms with Gasteiger partial charge in [-0.15, -0.1) is 0 Å². The Morgan fingerprint density at radius 3 is 2.41 bits per heavy atom. The van der Waals surface area contributed by atoms with E-state index in [0.29, 0.717) is 6.42 Å². The first-order chi connectivity index (χ1) is 7.72. The molecule has 0 saturated heterocycles. The zero-order valence-electron chi connectivity index (χ0n) is 10.3. The molecule has 3 N–H and O–H groups in total. The largest absolute Gasteiger partial charge is 0.409 e. The number of hydrogen-bond donors (Lipinski definition) is 2. The smallest absolute Gasteiger partial charge is 0.233 e. The van der Waals surface area contributed by atoms with Gasteiger partial charge in [-0.2, -0.15) is 0 Å². The quantitative estimate of drug-likeness (QED) is 0.284. The van der Waals surface area contributed by atoms with Crippen molar-refractivity contribution >= 4 is 21.6 Å². The predicted molar refractivity (Wildman–Crippen MR) is 64.5 cm³/mol. The number of amides is 1. The lowest BCUT2D eigenvalue weighted by molar-refractivity contribution is -0.131. The van der Waals surface area contributed by atoms with E-state index in [9.17, 15) is 13.2 Å². The van der Waals surface area contributed by atoms with Gasteiger partial charge in [-0.05, 0) is 6.42 Å². The van der Waals surface area contributed by atoms with Crippen LogP contribution in [0.25, 0.3) is 0 Å². The fraction of sp³-hybridized carbons (Fsp3) is 0.778.